The third kappa shape index (κ3) is 5.26. The first-order chi connectivity index (χ1) is 12.6. The van der Waals surface area contributed by atoms with Gasteiger partial charge in [-0.1, -0.05) is 0 Å². The molecule has 0 radical (unpaired) electrons. The predicted molar refractivity (Wildman–Crippen MR) is 94.6 cm³/mol. The zero-order valence-electron chi connectivity index (χ0n) is 15.5. The number of benzene rings is 1. The fourth-order valence-corrected chi connectivity index (χ4v) is 2.70. The molecule has 1 aliphatic heterocycles. The number of hydrogen-bond acceptors (Lipinski definition) is 6. The maximum Gasteiger partial charge on any atom is 0.223 e. The van der Waals surface area contributed by atoms with Crippen molar-refractivity contribution in [2.75, 3.05) is 47.6 Å². The Morgan fingerprint density at radius 2 is 1.62 bits per heavy atom. The summed E-state index contributed by atoms with van der Waals surface area (Å²) in [4.78, 5) is 25.9. The average Bonchev–Trinajstić information content (AvgIpc) is 2.70. The molecule has 1 fully saturated rings. The summed E-state index contributed by atoms with van der Waals surface area (Å²) in [7, 11) is 4.64. The number of rotatable bonds is 8. The molecule has 1 aliphatic rings. The third-order valence-corrected chi connectivity index (χ3v) is 4.19. The quantitative estimate of drug-likeness (QED) is 0.738. The molecule has 0 spiro atoms. The molecule has 1 aromatic rings. The van der Waals surface area contributed by atoms with E-state index in [1.165, 1.54) is 0 Å². The van der Waals surface area contributed by atoms with E-state index in [9.17, 15) is 9.59 Å². The molecule has 0 aromatic heterocycles. The fraction of sp³-hybridized carbons (Fsp3) is 0.556. The maximum atomic E-state index is 12.1. The van der Waals surface area contributed by atoms with Crippen LogP contribution in [0.4, 0.5) is 0 Å². The van der Waals surface area contributed by atoms with Crippen molar-refractivity contribution in [3.8, 4) is 17.2 Å². The molecule has 1 aromatic carbocycles. The van der Waals surface area contributed by atoms with Crippen LogP contribution in [0.1, 0.15) is 18.4 Å². The van der Waals surface area contributed by atoms with E-state index >= 15 is 0 Å². The number of methoxy groups -OCH3 is 3. The maximum absolute atomic E-state index is 12.1. The van der Waals surface area contributed by atoms with Gasteiger partial charge < -0.3 is 29.2 Å². The van der Waals surface area contributed by atoms with E-state index in [0.717, 1.165) is 5.56 Å². The normalized spacial score (nSPS) is 13.9. The second-order valence-electron chi connectivity index (χ2n) is 5.79. The second-order valence-corrected chi connectivity index (χ2v) is 5.79. The Morgan fingerprint density at radius 1 is 1.00 bits per heavy atom. The minimum atomic E-state index is -0.191. The first-order valence-corrected chi connectivity index (χ1v) is 8.50. The van der Waals surface area contributed by atoms with Crippen LogP contribution in [0.25, 0.3) is 0 Å². The third-order valence-electron chi connectivity index (χ3n) is 4.19. The number of hydrogen-bond donors (Lipinski definition) is 1. The van der Waals surface area contributed by atoms with Crippen molar-refractivity contribution in [3.05, 3.63) is 17.7 Å². The molecule has 8 nitrogen and oxygen atoms in total. The van der Waals surface area contributed by atoms with E-state index in [2.05, 4.69) is 5.32 Å². The number of ether oxygens (including phenoxy) is 4. The Hall–Kier alpha value is -2.48. The van der Waals surface area contributed by atoms with Gasteiger partial charge in [0.15, 0.2) is 11.5 Å². The van der Waals surface area contributed by atoms with Gasteiger partial charge in [-0.2, -0.15) is 0 Å². The van der Waals surface area contributed by atoms with Crippen LogP contribution in [0.2, 0.25) is 0 Å². The van der Waals surface area contributed by atoms with Gasteiger partial charge in [0, 0.05) is 44.1 Å². The molecular weight excluding hydrogens is 340 g/mol. The SMILES string of the molecule is COc1cc(OC)c(OC)cc1CNC(=O)CCC(=O)N1CCOCC1. The number of amides is 2. The Kier molecular flexibility index (Phi) is 7.53. The van der Waals surface area contributed by atoms with E-state index in [1.807, 2.05) is 0 Å². The van der Waals surface area contributed by atoms with Gasteiger partial charge in [-0.3, -0.25) is 9.59 Å². The molecule has 0 bridgehead atoms. The van der Waals surface area contributed by atoms with Gasteiger partial charge in [-0.15, -0.1) is 0 Å². The lowest BCUT2D eigenvalue weighted by atomic mass is 10.1. The van der Waals surface area contributed by atoms with Crippen LogP contribution in [0.5, 0.6) is 17.2 Å². The number of nitrogens with zero attached hydrogens (tertiary/aromatic N) is 1. The van der Waals surface area contributed by atoms with Crippen molar-refractivity contribution in [3.63, 3.8) is 0 Å². The molecule has 1 N–H and O–H groups in total. The highest BCUT2D eigenvalue weighted by molar-refractivity contribution is 5.83. The van der Waals surface area contributed by atoms with E-state index in [1.54, 1.807) is 38.4 Å². The summed E-state index contributed by atoms with van der Waals surface area (Å²) < 4.78 is 21.1. The molecule has 0 unspecified atom stereocenters. The molecule has 144 valence electrons. The van der Waals surface area contributed by atoms with Crippen LogP contribution in [0.3, 0.4) is 0 Å². The molecule has 1 saturated heterocycles. The van der Waals surface area contributed by atoms with E-state index in [-0.39, 0.29) is 31.2 Å². The van der Waals surface area contributed by atoms with Crippen LogP contribution >= 0.6 is 0 Å². The zero-order chi connectivity index (χ0) is 18.9. The highest BCUT2D eigenvalue weighted by atomic mass is 16.5. The van der Waals surface area contributed by atoms with Gasteiger partial charge in [0.2, 0.25) is 11.8 Å². The first-order valence-electron chi connectivity index (χ1n) is 8.50. The summed E-state index contributed by atoms with van der Waals surface area (Å²) in [6.45, 7) is 2.55. The summed E-state index contributed by atoms with van der Waals surface area (Å²) in [5.74, 6) is 1.48. The highest BCUT2D eigenvalue weighted by Crippen LogP contribution is 2.34. The summed E-state index contributed by atoms with van der Waals surface area (Å²) in [5.41, 5.74) is 0.762. The predicted octanol–water partition coefficient (Wildman–Crippen LogP) is 0.968. The van der Waals surface area contributed by atoms with Gasteiger partial charge in [0.1, 0.15) is 5.75 Å². The molecule has 2 rings (SSSR count). The topological polar surface area (TPSA) is 86.3 Å². The summed E-state index contributed by atoms with van der Waals surface area (Å²) in [6.07, 6.45) is 0.334. The lowest BCUT2D eigenvalue weighted by molar-refractivity contribution is -0.137. The smallest absolute Gasteiger partial charge is 0.223 e. The molecule has 1 heterocycles. The molecule has 0 atom stereocenters. The van der Waals surface area contributed by atoms with Gasteiger partial charge in [-0.05, 0) is 6.07 Å². The van der Waals surface area contributed by atoms with E-state index in [4.69, 9.17) is 18.9 Å². The van der Waals surface area contributed by atoms with Crippen LogP contribution in [0, 0.1) is 0 Å². The van der Waals surface area contributed by atoms with Crippen molar-refractivity contribution >= 4 is 11.8 Å². The van der Waals surface area contributed by atoms with Crippen molar-refractivity contribution in [2.45, 2.75) is 19.4 Å². The van der Waals surface area contributed by atoms with Gasteiger partial charge in [-0.25, -0.2) is 0 Å². The number of nitrogens with one attached hydrogen (secondary N) is 1. The lowest BCUT2D eigenvalue weighted by Crippen LogP contribution is -2.41. The average molecular weight is 366 g/mol. The molecule has 26 heavy (non-hydrogen) atoms. The lowest BCUT2D eigenvalue weighted by Gasteiger charge is -2.26. The number of morpholine rings is 1. The molecule has 2 amide bonds. The summed E-state index contributed by atoms with van der Waals surface area (Å²) >= 11 is 0. The largest absolute Gasteiger partial charge is 0.496 e. The molecule has 0 saturated carbocycles. The fourth-order valence-electron chi connectivity index (χ4n) is 2.70. The van der Waals surface area contributed by atoms with Gasteiger partial charge in [0.05, 0.1) is 34.5 Å². The number of carbonyl (C=O) groups is 2. The molecule has 8 heteroatoms. The monoisotopic (exact) mass is 366 g/mol. The minimum absolute atomic E-state index is 0.0212. The van der Waals surface area contributed by atoms with Crippen LogP contribution < -0.4 is 19.5 Å². The van der Waals surface area contributed by atoms with Crippen LogP contribution in [-0.2, 0) is 20.9 Å². The van der Waals surface area contributed by atoms with Crippen molar-refractivity contribution in [2.24, 2.45) is 0 Å². The van der Waals surface area contributed by atoms with Crippen LogP contribution in [-0.4, -0.2) is 64.3 Å². The summed E-state index contributed by atoms with van der Waals surface area (Å²) in [5, 5.41) is 2.81. The number of carbonyl (C=O) groups excluding carboxylic acids is 2. The Morgan fingerprint density at radius 3 is 2.23 bits per heavy atom. The first kappa shape index (κ1) is 19.8. The van der Waals surface area contributed by atoms with Crippen molar-refractivity contribution in [1.29, 1.82) is 0 Å². The highest BCUT2D eigenvalue weighted by Gasteiger charge is 2.18. The van der Waals surface area contributed by atoms with Crippen molar-refractivity contribution in [1.82, 2.24) is 10.2 Å². The second kappa shape index (κ2) is 9.86. The van der Waals surface area contributed by atoms with E-state index in [0.29, 0.717) is 43.6 Å². The standard InChI is InChI=1S/C18H26N2O6/c1-23-14-11-16(25-3)15(24-2)10-13(14)12-19-17(21)4-5-18(22)20-6-8-26-9-7-20/h10-11H,4-9,12H2,1-3H3,(H,19,21). The van der Waals surface area contributed by atoms with Crippen LogP contribution in [0.15, 0.2) is 12.1 Å². The van der Waals surface area contributed by atoms with Gasteiger partial charge >= 0.3 is 0 Å². The van der Waals surface area contributed by atoms with Crippen molar-refractivity contribution < 1.29 is 28.5 Å². The Bertz CT molecular complexity index is 628. The Labute approximate surface area is 153 Å². The Balaban J connectivity index is 1.87. The minimum Gasteiger partial charge on any atom is -0.496 e. The van der Waals surface area contributed by atoms with Gasteiger partial charge in [0.25, 0.3) is 0 Å². The van der Waals surface area contributed by atoms with E-state index < -0.39 is 0 Å². The zero-order valence-corrected chi connectivity index (χ0v) is 15.5. The summed E-state index contributed by atoms with van der Waals surface area (Å²) in [6, 6.07) is 3.47. The molecule has 0 aliphatic carbocycles. The molecular formula is C18H26N2O6.